The van der Waals surface area contributed by atoms with Crippen LogP contribution in [-0.2, 0) is 17.9 Å². The maximum atomic E-state index is 12.2. The number of nitrogens with one attached hydrogen (secondary N) is 1. The number of tetrazole rings is 1. The largest absolute Gasteiger partial charge is 0.486 e. The van der Waals surface area contributed by atoms with Crippen molar-refractivity contribution in [2.45, 2.75) is 39.1 Å². The first-order valence-corrected chi connectivity index (χ1v) is 8.63. The van der Waals surface area contributed by atoms with E-state index >= 15 is 0 Å². The van der Waals surface area contributed by atoms with Crippen LogP contribution < -0.4 is 14.8 Å². The molecule has 0 spiro atoms. The topological polar surface area (TPSA) is 94.4 Å². The molecule has 26 heavy (non-hydrogen) atoms. The molecule has 0 radical (unpaired) electrons. The Labute approximate surface area is 152 Å². The summed E-state index contributed by atoms with van der Waals surface area (Å²) < 4.78 is 13.0. The van der Waals surface area contributed by atoms with Crippen LogP contribution in [0.2, 0.25) is 0 Å². The molecule has 1 aromatic heterocycles. The standard InChI is InChI=1S/C17H24N6O3/c1-12(2)22(3)9-16-19-20-21-23(16)10-17(24)18-8-13-11-25-14-6-4-5-7-15(14)26-13/h4-7,12-13H,8-11H2,1-3H3,(H,18,24)/t13-/m1/s1. The molecule has 1 N–H and O–H groups in total. The van der Waals surface area contributed by atoms with Crippen LogP contribution in [0.5, 0.6) is 11.5 Å². The fourth-order valence-corrected chi connectivity index (χ4v) is 2.45. The number of amides is 1. The molecule has 9 nitrogen and oxygen atoms in total. The number of fused-ring (bicyclic) bond motifs is 1. The summed E-state index contributed by atoms with van der Waals surface area (Å²) in [6.45, 7) is 5.58. The monoisotopic (exact) mass is 360 g/mol. The second kappa shape index (κ2) is 8.13. The van der Waals surface area contributed by atoms with Gasteiger partial charge >= 0.3 is 0 Å². The Morgan fingerprint density at radius 3 is 2.92 bits per heavy atom. The minimum absolute atomic E-state index is 0.0679. The zero-order valence-electron chi connectivity index (χ0n) is 15.3. The van der Waals surface area contributed by atoms with Gasteiger partial charge in [-0.05, 0) is 43.5 Å². The van der Waals surface area contributed by atoms with Gasteiger partial charge in [-0.3, -0.25) is 9.69 Å². The number of benzene rings is 1. The van der Waals surface area contributed by atoms with E-state index in [0.29, 0.717) is 37.3 Å². The van der Waals surface area contributed by atoms with Crippen molar-refractivity contribution < 1.29 is 14.3 Å². The van der Waals surface area contributed by atoms with Crippen molar-refractivity contribution in [1.29, 1.82) is 0 Å². The number of aromatic nitrogens is 4. The maximum absolute atomic E-state index is 12.2. The van der Waals surface area contributed by atoms with Gasteiger partial charge in [-0.25, -0.2) is 4.68 Å². The Hall–Kier alpha value is -2.68. The molecule has 1 atom stereocenters. The third kappa shape index (κ3) is 4.48. The van der Waals surface area contributed by atoms with Gasteiger partial charge in [0.25, 0.3) is 0 Å². The van der Waals surface area contributed by atoms with Crippen LogP contribution in [0.4, 0.5) is 0 Å². The normalized spacial score (nSPS) is 16.1. The predicted molar refractivity (Wildman–Crippen MR) is 93.8 cm³/mol. The van der Waals surface area contributed by atoms with Crippen LogP contribution in [0.3, 0.4) is 0 Å². The van der Waals surface area contributed by atoms with E-state index in [4.69, 9.17) is 9.47 Å². The van der Waals surface area contributed by atoms with Crippen LogP contribution in [0.25, 0.3) is 0 Å². The molecule has 1 amide bonds. The summed E-state index contributed by atoms with van der Waals surface area (Å²) in [4.78, 5) is 14.3. The summed E-state index contributed by atoms with van der Waals surface area (Å²) in [5, 5.41) is 14.4. The Morgan fingerprint density at radius 2 is 2.15 bits per heavy atom. The lowest BCUT2D eigenvalue weighted by molar-refractivity contribution is -0.122. The molecule has 9 heteroatoms. The van der Waals surface area contributed by atoms with Crippen molar-refractivity contribution in [2.24, 2.45) is 0 Å². The first-order valence-electron chi connectivity index (χ1n) is 8.63. The SMILES string of the molecule is CC(C)N(C)Cc1nnnn1CC(=O)NC[C@@H]1COc2ccccc2O1. The van der Waals surface area contributed by atoms with Gasteiger partial charge in [0.15, 0.2) is 17.3 Å². The van der Waals surface area contributed by atoms with E-state index < -0.39 is 0 Å². The number of para-hydroxylation sites is 2. The predicted octanol–water partition coefficient (Wildman–Crippen LogP) is 0.470. The van der Waals surface area contributed by atoms with Gasteiger partial charge in [0.1, 0.15) is 19.3 Å². The van der Waals surface area contributed by atoms with Gasteiger partial charge in [-0.2, -0.15) is 0 Å². The van der Waals surface area contributed by atoms with Gasteiger partial charge in [-0.1, -0.05) is 12.1 Å². The van der Waals surface area contributed by atoms with E-state index in [9.17, 15) is 4.79 Å². The highest BCUT2D eigenvalue weighted by molar-refractivity contribution is 5.75. The second-order valence-electron chi connectivity index (χ2n) is 6.56. The van der Waals surface area contributed by atoms with Crippen molar-refractivity contribution in [2.75, 3.05) is 20.2 Å². The highest BCUT2D eigenvalue weighted by Gasteiger charge is 2.21. The first kappa shape index (κ1) is 18.1. The Balaban J connectivity index is 1.49. The molecule has 0 unspecified atom stereocenters. The summed E-state index contributed by atoms with van der Waals surface area (Å²) in [5.74, 6) is 1.90. The lowest BCUT2D eigenvalue weighted by Gasteiger charge is -2.26. The maximum Gasteiger partial charge on any atom is 0.242 e. The smallest absolute Gasteiger partial charge is 0.242 e. The van der Waals surface area contributed by atoms with Crippen molar-refractivity contribution in [3.63, 3.8) is 0 Å². The van der Waals surface area contributed by atoms with E-state index in [0.717, 1.165) is 5.75 Å². The molecular weight excluding hydrogens is 336 g/mol. The number of nitrogens with zero attached hydrogens (tertiary/aromatic N) is 5. The highest BCUT2D eigenvalue weighted by Crippen LogP contribution is 2.30. The molecule has 0 bridgehead atoms. The number of rotatable bonds is 7. The zero-order valence-corrected chi connectivity index (χ0v) is 15.3. The van der Waals surface area contributed by atoms with Gasteiger partial charge < -0.3 is 14.8 Å². The van der Waals surface area contributed by atoms with Crippen LogP contribution in [0.1, 0.15) is 19.7 Å². The average Bonchev–Trinajstić information content (AvgIpc) is 3.06. The highest BCUT2D eigenvalue weighted by atomic mass is 16.6. The molecule has 0 saturated carbocycles. The second-order valence-corrected chi connectivity index (χ2v) is 6.56. The molecular formula is C17H24N6O3. The van der Waals surface area contributed by atoms with Gasteiger partial charge in [0, 0.05) is 6.04 Å². The quantitative estimate of drug-likeness (QED) is 0.767. The molecule has 3 rings (SSSR count). The Kier molecular flexibility index (Phi) is 5.67. The lowest BCUT2D eigenvalue weighted by atomic mass is 10.2. The van der Waals surface area contributed by atoms with Crippen LogP contribution >= 0.6 is 0 Å². The van der Waals surface area contributed by atoms with Crippen molar-refractivity contribution in [3.8, 4) is 11.5 Å². The summed E-state index contributed by atoms with van der Waals surface area (Å²) in [6, 6.07) is 7.85. The van der Waals surface area contributed by atoms with E-state index in [1.165, 1.54) is 4.68 Å². The molecule has 1 aromatic carbocycles. The summed E-state index contributed by atoms with van der Waals surface area (Å²) in [5.41, 5.74) is 0. The fourth-order valence-electron chi connectivity index (χ4n) is 2.45. The lowest BCUT2D eigenvalue weighted by Crippen LogP contribution is -2.42. The van der Waals surface area contributed by atoms with Crippen molar-refractivity contribution >= 4 is 5.91 Å². The molecule has 1 aliphatic rings. The third-order valence-electron chi connectivity index (χ3n) is 4.27. The van der Waals surface area contributed by atoms with E-state index in [1.807, 2.05) is 31.3 Å². The molecule has 140 valence electrons. The van der Waals surface area contributed by atoms with E-state index in [1.54, 1.807) is 0 Å². The molecule has 0 saturated heterocycles. The Bertz CT molecular complexity index is 748. The van der Waals surface area contributed by atoms with E-state index in [2.05, 4.69) is 39.6 Å². The number of ether oxygens (including phenoxy) is 2. The molecule has 1 aliphatic heterocycles. The summed E-state index contributed by atoms with van der Waals surface area (Å²) in [6.07, 6.45) is -0.228. The van der Waals surface area contributed by atoms with Crippen LogP contribution in [0.15, 0.2) is 24.3 Å². The first-order chi connectivity index (χ1) is 12.5. The molecule has 0 aliphatic carbocycles. The molecule has 2 aromatic rings. The fraction of sp³-hybridized carbons (Fsp3) is 0.529. The minimum atomic E-state index is -0.228. The van der Waals surface area contributed by atoms with Gasteiger partial charge in [-0.15, -0.1) is 5.10 Å². The number of carbonyl (C=O) groups is 1. The summed E-state index contributed by atoms with van der Waals surface area (Å²) in [7, 11) is 1.99. The zero-order chi connectivity index (χ0) is 18.5. The van der Waals surface area contributed by atoms with Crippen molar-refractivity contribution in [1.82, 2.24) is 30.4 Å². The minimum Gasteiger partial charge on any atom is -0.486 e. The number of hydrogen-bond donors (Lipinski definition) is 1. The van der Waals surface area contributed by atoms with Gasteiger partial charge in [0.05, 0.1) is 13.1 Å². The number of carbonyl (C=O) groups excluding carboxylic acids is 1. The van der Waals surface area contributed by atoms with Crippen LogP contribution in [0, 0.1) is 0 Å². The molecule has 0 fully saturated rings. The van der Waals surface area contributed by atoms with E-state index in [-0.39, 0.29) is 18.6 Å². The summed E-state index contributed by atoms with van der Waals surface area (Å²) >= 11 is 0. The Morgan fingerprint density at radius 1 is 1.38 bits per heavy atom. The average molecular weight is 360 g/mol. The van der Waals surface area contributed by atoms with Crippen molar-refractivity contribution in [3.05, 3.63) is 30.1 Å². The van der Waals surface area contributed by atoms with Gasteiger partial charge in [0.2, 0.25) is 5.91 Å². The molecule has 2 heterocycles. The number of hydrogen-bond acceptors (Lipinski definition) is 7. The van der Waals surface area contributed by atoms with Crippen LogP contribution in [-0.4, -0.2) is 63.4 Å². The third-order valence-corrected chi connectivity index (χ3v) is 4.27.